The van der Waals surface area contributed by atoms with Gasteiger partial charge in [0, 0.05) is 6.04 Å². The van der Waals surface area contributed by atoms with Crippen LogP contribution >= 0.6 is 0 Å². The molecule has 2 N–H and O–H groups in total. The van der Waals surface area contributed by atoms with Gasteiger partial charge in [-0.05, 0) is 44.9 Å². The first kappa shape index (κ1) is 16.2. The number of unbranched alkanes of at least 4 members (excludes halogenated alkanes) is 2. The van der Waals surface area contributed by atoms with Gasteiger partial charge in [0.15, 0.2) is 0 Å². The highest BCUT2D eigenvalue weighted by atomic mass is 16.4. The Balaban J connectivity index is 2.35. The number of nitrogens with one attached hydrogen (secondary N) is 1. The molecule has 19 heavy (non-hydrogen) atoms. The summed E-state index contributed by atoms with van der Waals surface area (Å²) in [5.41, 5.74) is 0. The van der Waals surface area contributed by atoms with Gasteiger partial charge >= 0.3 is 5.97 Å². The molecule has 1 fully saturated rings. The van der Waals surface area contributed by atoms with Crippen molar-refractivity contribution >= 4 is 5.97 Å². The van der Waals surface area contributed by atoms with Crippen LogP contribution in [-0.2, 0) is 4.79 Å². The smallest absolute Gasteiger partial charge is 0.320 e. The van der Waals surface area contributed by atoms with Crippen molar-refractivity contribution in [3.63, 3.8) is 0 Å². The summed E-state index contributed by atoms with van der Waals surface area (Å²) in [6.45, 7) is 5.82. The van der Waals surface area contributed by atoms with Crippen LogP contribution in [0.25, 0.3) is 0 Å². The van der Waals surface area contributed by atoms with E-state index >= 15 is 0 Å². The van der Waals surface area contributed by atoms with E-state index in [0.717, 1.165) is 38.5 Å². The molecular formula is C16H29NO2. The van der Waals surface area contributed by atoms with Crippen molar-refractivity contribution in [3.05, 3.63) is 12.7 Å². The summed E-state index contributed by atoms with van der Waals surface area (Å²) in [6.07, 6.45) is 12.1. The largest absolute Gasteiger partial charge is 0.480 e. The van der Waals surface area contributed by atoms with Gasteiger partial charge in [-0.3, -0.25) is 4.79 Å². The number of carboxylic acid groups (broad SMARTS) is 1. The van der Waals surface area contributed by atoms with Gasteiger partial charge in [-0.25, -0.2) is 0 Å². The van der Waals surface area contributed by atoms with Crippen LogP contribution < -0.4 is 5.32 Å². The second-order valence-electron chi connectivity index (χ2n) is 5.85. The van der Waals surface area contributed by atoms with E-state index in [0.29, 0.717) is 5.92 Å². The second kappa shape index (κ2) is 9.13. The molecule has 0 aromatic rings. The van der Waals surface area contributed by atoms with Crippen LogP contribution in [0, 0.1) is 5.92 Å². The first-order valence-electron chi connectivity index (χ1n) is 7.75. The summed E-state index contributed by atoms with van der Waals surface area (Å²) in [4.78, 5) is 11.4. The minimum absolute atomic E-state index is 0.285. The van der Waals surface area contributed by atoms with Crippen LogP contribution in [0.1, 0.15) is 64.7 Å². The van der Waals surface area contributed by atoms with E-state index < -0.39 is 5.97 Å². The molecule has 110 valence electrons. The molecular weight excluding hydrogens is 238 g/mol. The van der Waals surface area contributed by atoms with Gasteiger partial charge in [-0.15, -0.1) is 6.58 Å². The average Bonchev–Trinajstić information content (AvgIpc) is 2.41. The van der Waals surface area contributed by atoms with E-state index in [4.69, 9.17) is 0 Å². The Bertz CT molecular complexity index is 272. The predicted molar refractivity (Wildman–Crippen MR) is 79.3 cm³/mol. The lowest BCUT2D eigenvalue weighted by Crippen LogP contribution is -2.47. The summed E-state index contributed by atoms with van der Waals surface area (Å²) in [7, 11) is 0. The molecule has 0 bridgehead atoms. The normalized spacial score (nSPS) is 19.8. The zero-order chi connectivity index (χ0) is 14.1. The number of carboxylic acids is 1. The summed E-state index contributed by atoms with van der Waals surface area (Å²) >= 11 is 0. The molecule has 1 aliphatic carbocycles. The van der Waals surface area contributed by atoms with Crippen LogP contribution in [0.3, 0.4) is 0 Å². The predicted octanol–water partition coefficient (Wildman–Crippen LogP) is 3.74. The number of aliphatic carboxylic acids is 1. The Kier molecular flexibility index (Phi) is 7.80. The fourth-order valence-corrected chi connectivity index (χ4v) is 3.01. The van der Waals surface area contributed by atoms with Crippen molar-refractivity contribution in [1.82, 2.24) is 5.32 Å². The minimum Gasteiger partial charge on any atom is -0.480 e. The third kappa shape index (κ3) is 6.24. The summed E-state index contributed by atoms with van der Waals surface area (Å²) < 4.78 is 0. The Morgan fingerprint density at radius 1 is 1.37 bits per heavy atom. The van der Waals surface area contributed by atoms with Crippen LogP contribution in [0.5, 0.6) is 0 Å². The highest BCUT2D eigenvalue weighted by Gasteiger charge is 2.29. The molecule has 2 atom stereocenters. The quantitative estimate of drug-likeness (QED) is 0.494. The highest BCUT2D eigenvalue weighted by Crippen LogP contribution is 2.27. The number of hydrogen-bond donors (Lipinski definition) is 2. The standard InChI is InChI=1S/C16H29NO2/c1-3-4-5-7-10-13(2)17-15(16(18)19)14-11-8-6-9-12-14/h3,13-15,17H,1,4-12H2,2H3,(H,18,19)/t13-,15-/m0/s1. The lowest BCUT2D eigenvalue weighted by molar-refractivity contribution is -0.141. The molecule has 0 aliphatic heterocycles. The van der Waals surface area contributed by atoms with Gasteiger partial charge in [-0.2, -0.15) is 0 Å². The Hall–Kier alpha value is -0.830. The molecule has 0 spiro atoms. The van der Waals surface area contributed by atoms with Crippen molar-refractivity contribution in [2.75, 3.05) is 0 Å². The van der Waals surface area contributed by atoms with Gasteiger partial charge in [0.05, 0.1) is 0 Å². The van der Waals surface area contributed by atoms with Crippen molar-refractivity contribution in [2.24, 2.45) is 5.92 Å². The SMILES string of the molecule is C=CCCCC[C@H](C)N[C@H](C(=O)O)C1CCCCC1. The van der Waals surface area contributed by atoms with Crippen molar-refractivity contribution in [1.29, 1.82) is 0 Å². The van der Waals surface area contributed by atoms with Gasteiger partial charge in [0.25, 0.3) is 0 Å². The van der Waals surface area contributed by atoms with E-state index in [2.05, 4.69) is 18.8 Å². The molecule has 3 nitrogen and oxygen atoms in total. The molecule has 1 saturated carbocycles. The zero-order valence-electron chi connectivity index (χ0n) is 12.2. The van der Waals surface area contributed by atoms with Gasteiger partial charge in [0.2, 0.25) is 0 Å². The zero-order valence-corrected chi connectivity index (χ0v) is 12.2. The van der Waals surface area contributed by atoms with Crippen LogP contribution in [0.15, 0.2) is 12.7 Å². The van der Waals surface area contributed by atoms with E-state index in [1.165, 1.54) is 19.3 Å². The Labute approximate surface area is 117 Å². The topological polar surface area (TPSA) is 49.3 Å². The first-order valence-corrected chi connectivity index (χ1v) is 7.75. The van der Waals surface area contributed by atoms with Crippen LogP contribution in [0.2, 0.25) is 0 Å². The molecule has 0 amide bonds. The average molecular weight is 267 g/mol. The molecule has 0 heterocycles. The minimum atomic E-state index is -0.676. The molecule has 0 saturated heterocycles. The van der Waals surface area contributed by atoms with E-state index in [1.54, 1.807) is 0 Å². The molecule has 3 heteroatoms. The second-order valence-corrected chi connectivity index (χ2v) is 5.85. The monoisotopic (exact) mass is 267 g/mol. The summed E-state index contributed by atoms with van der Waals surface area (Å²) in [6, 6.07) is -0.0671. The maximum Gasteiger partial charge on any atom is 0.320 e. The number of rotatable bonds is 9. The summed E-state index contributed by atoms with van der Waals surface area (Å²) in [5, 5.41) is 12.7. The molecule has 0 unspecified atom stereocenters. The van der Waals surface area contributed by atoms with Gasteiger partial charge in [-0.1, -0.05) is 31.8 Å². The highest BCUT2D eigenvalue weighted by molar-refractivity contribution is 5.73. The Morgan fingerprint density at radius 2 is 2.05 bits per heavy atom. The fraction of sp³-hybridized carbons (Fsp3) is 0.812. The maximum atomic E-state index is 11.4. The maximum absolute atomic E-state index is 11.4. The van der Waals surface area contributed by atoms with Crippen LogP contribution in [0.4, 0.5) is 0 Å². The van der Waals surface area contributed by atoms with E-state index in [-0.39, 0.29) is 12.1 Å². The van der Waals surface area contributed by atoms with E-state index in [9.17, 15) is 9.90 Å². The van der Waals surface area contributed by atoms with Crippen molar-refractivity contribution in [3.8, 4) is 0 Å². The molecule has 1 rings (SSSR count). The molecule has 1 aliphatic rings. The summed E-state index contributed by atoms with van der Waals surface area (Å²) in [5.74, 6) is -0.355. The third-order valence-electron chi connectivity index (χ3n) is 4.15. The van der Waals surface area contributed by atoms with Crippen molar-refractivity contribution in [2.45, 2.75) is 76.8 Å². The Morgan fingerprint density at radius 3 is 2.63 bits per heavy atom. The number of allylic oxidation sites excluding steroid dienone is 1. The molecule has 0 aromatic heterocycles. The first-order chi connectivity index (χ1) is 9.15. The lowest BCUT2D eigenvalue weighted by atomic mass is 9.83. The van der Waals surface area contributed by atoms with Crippen LogP contribution in [-0.4, -0.2) is 23.2 Å². The van der Waals surface area contributed by atoms with E-state index in [1.807, 2.05) is 6.08 Å². The fourth-order valence-electron chi connectivity index (χ4n) is 3.01. The molecule has 0 radical (unpaired) electrons. The lowest BCUT2D eigenvalue weighted by Gasteiger charge is -2.30. The third-order valence-corrected chi connectivity index (χ3v) is 4.15. The number of carbonyl (C=O) groups is 1. The molecule has 0 aromatic carbocycles. The van der Waals surface area contributed by atoms with Gasteiger partial charge in [0.1, 0.15) is 6.04 Å². The van der Waals surface area contributed by atoms with Crippen molar-refractivity contribution < 1.29 is 9.90 Å². The van der Waals surface area contributed by atoms with Gasteiger partial charge < -0.3 is 10.4 Å². The number of hydrogen-bond acceptors (Lipinski definition) is 2.